The molecule has 4 N–H and O–H groups in total. The zero-order chi connectivity index (χ0) is 28.2. The first-order valence-electron chi connectivity index (χ1n) is 13.5. The van der Waals surface area contributed by atoms with Gasteiger partial charge in [-0.05, 0) is 42.5 Å². The minimum Gasteiger partial charge on any atom is -0.495 e. The Morgan fingerprint density at radius 1 is 1.12 bits per heavy atom. The second-order valence-corrected chi connectivity index (χ2v) is 10.9. The molecule has 1 aromatic carbocycles. The normalized spacial score (nSPS) is 23.6. The molecule has 12 heteroatoms. The third kappa shape index (κ3) is 6.12. The van der Waals surface area contributed by atoms with Gasteiger partial charge in [-0.25, -0.2) is 9.78 Å². The Morgan fingerprint density at radius 2 is 1.82 bits per heavy atom. The van der Waals surface area contributed by atoms with Gasteiger partial charge in [0, 0.05) is 39.1 Å². The van der Waals surface area contributed by atoms with Crippen LogP contribution in [0.25, 0.3) is 0 Å². The first kappa shape index (κ1) is 28.4. The van der Waals surface area contributed by atoms with Gasteiger partial charge in [-0.1, -0.05) is 23.8 Å². The van der Waals surface area contributed by atoms with Crippen molar-refractivity contribution in [2.24, 2.45) is 17.6 Å². The predicted molar refractivity (Wildman–Crippen MR) is 152 cm³/mol. The maximum Gasteiger partial charge on any atom is 0.404 e. The SMILES string of the molecule is COCC(COC)N1CCc2cc(Nc3ncc(Cl)c(N[C@H]4[C@@H](OC(N)=O)[C@@H]5C=C[C@H]4C5)n3)c(OC)cc2CC1. The van der Waals surface area contributed by atoms with Crippen LogP contribution in [0.1, 0.15) is 17.5 Å². The highest BCUT2D eigenvalue weighted by Gasteiger charge is 2.47. The molecule has 1 aliphatic heterocycles. The third-order valence-corrected chi connectivity index (χ3v) is 8.30. The second-order valence-electron chi connectivity index (χ2n) is 10.5. The number of benzene rings is 1. The summed E-state index contributed by atoms with van der Waals surface area (Å²) in [6.07, 6.45) is 7.23. The van der Waals surface area contributed by atoms with Crippen LogP contribution in [0, 0.1) is 11.8 Å². The molecule has 40 heavy (non-hydrogen) atoms. The molecular formula is C28H37ClN6O5. The van der Waals surface area contributed by atoms with Gasteiger partial charge in [0.05, 0.1) is 44.3 Å². The average molecular weight is 573 g/mol. The molecule has 2 heterocycles. The van der Waals surface area contributed by atoms with Crippen LogP contribution in [-0.4, -0.2) is 86.8 Å². The molecule has 2 bridgehead atoms. The number of anilines is 3. The highest BCUT2D eigenvalue weighted by atomic mass is 35.5. The van der Waals surface area contributed by atoms with Gasteiger partial charge in [-0.3, -0.25) is 4.90 Å². The van der Waals surface area contributed by atoms with Gasteiger partial charge in [0.15, 0.2) is 5.82 Å². The van der Waals surface area contributed by atoms with Crippen molar-refractivity contribution in [3.8, 4) is 5.75 Å². The van der Waals surface area contributed by atoms with Crippen molar-refractivity contribution < 1.29 is 23.7 Å². The molecule has 3 aliphatic rings. The monoisotopic (exact) mass is 572 g/mol. The van der Waals surface area contributed by atoms with E-state index in [-0.39, 0.29) is 30.0 Å². The van der Waals surface area contributed by atoms with E-state index in [1.165, 1.54) is 11.1 Å². The highest BCUT2D eigenvalue weighted by molar-refractivity contribution is 6.32. The summed E-state index contributed by atoms with van der Waals surface area (Å²) < 4.78 is 22.0. The maximum absolute atomic E-state index is 11.5. The number of hydrogen-bond donors (Lipinski definition) is 3. The molecule has 1 aromatic heterocycles. The fourth-order valence-corrected chi connectivity index (χ4v) is 6.26. The molecule has 0 saturated heterocycles. The number of ether oxygens (including phenoxy) is 4. The number of methoxy groups -OCH3 is 3. The molecule has 0 spiro atoms. The minimum atomic E-state index is -0.791. The number of nitrogens with two attached hydrogens (primary N) is 1. The molecular weight excluding hydrogens is 536 g/mol. The molecule has 5 rings (SSSR count). The van der Waals surface area contributed by atoms with E-state index in [9.17, 15) is 4.79 Å². The molecule has 0 unspecified atom stereocenters. The number of rotatable bonds is 11. The number of halogens is 1. The van der Waals surface area contributed by atoms with Gasteiger partial charge >= 0.3 is 6.09 Å². The van der Waals surface area contributed by atoms with Crippen molar-refractivity contribution in [3.63, 3.8) is 0 Å². The number of fused-ring (bicyclic) bond motifs is 3. The Morgan fingerprint density at radius 3 is 2.50 bits per heavy atom. The Kier molecular flexibility index (Phi) is 8.94. The average Bonchev–Trinajstić information content (AvgIpc) is 3.46. The largest absolute Gasteiger partial charge is 0.495 e. The summed E-state index contributed by atoms with van der Waals surface area (Å²) in [4.78, 5) is 23.0. The van der Waals surface area contributed by atoms with E-state index >= 15 is 0 Å². The number of primary amides is 1. The number of carbonyl (C=O) groups excluding carboxylic acids is 1. The molecule has 2 aliphatic carbocycles. The van der Waals surface area contributed by atoms with E-state index in [0.717, 1.165) is 38.0 Å². The van der Waals surface area contributed by atoms with Crippen LogP contribution in [0.4, 0.5) is 22.2 Å². The minimum absolute atomic E-state index is 0.118. The molecule has 1 saturated carbocycles. The van der Waals surface area contributed by atoms with Gasteiger partial charge in [-0.15, -0.1) is 0 Å². The zero-order valence-electron chi connectivity index (χ0n) is 23.1. The van der Waals surface area contributed by atoms with Gasteiger partial charge in [0.2, 0.25) is 5.95 Å². The van der Waals surface area contributed by atoms with Crippen LogP contribution in [0.5, 0.6) is 5.75 Å². The van der Waals surface area contributed by atoms with E-state index in [0.29, 0.717) is 35.8 Å². The lowest BCUT2D eigenvalue weighted by atomic mass is 9.98. The van der Waals surface area contributed by atoms with Crippen molar-refractivity contribution in [1.29, 1.82) is 0 Å². The fraction of sp³-hybridized carbons (Fsp3) is 0.536. The van der Waals surface area contributed by atoms with Gasteiger partial charge in [0.1, 0.15) is 16.9 Å². The molecule has 11 nitrogen and oxygen atoms in total. The number of aromatic nitrogens is 2. The van der Waals surface area contributed by atoms with E-state index in [2.05, 4.69) is 49.8 Å². The number of carbonyl (C=O) groups is 1. The topological polar surface area (TPSA) is 133 Å². The standard InChI is InChI=1S/C28H37ClN6O5/c1-37-14-20(15-38-2)35-8-6-16-11-22(23(39-3)12-17(16)7-9-35)32-28-31-13-21(29)26(34-28)33-24-18-4-5-19(10-18)25(24)40-27(30)36/h4-5,11-13,18-20,24-25H,6-10,14-15H2,1-3H3,(H2,30,36)(H2,31,32,33,34)/t18-,19+,24+,25-/m0/s1. The van der Waals surface area contributed by atoms with E-state index in [1.54, 1.807) is 27.5 Å². The van der Waals surface area contributed by atoms with Crippen LogP contribution in [0.15, 0.2) is 30.5 Å². The van der Waals surface area contributed by atoms with Crippen LogP contribution in [-0.2, 0) is 27.1 Å². The highest BCUT2D eigenvalue weighted by Crippen LogP contribution is 2.43. The number of nitrogens with zero attached hydrogens (tertiary/aromatic N) is 3. The molecule has 1 fully saturated rings. The molecule has 216 valence electrons. The summed E-state index contributed by atoms with van der Waals surface area (Å²) in [6, 6.07) is 4.22. The van der Waals surface area contributed by atoms with Crippen molar-refractivity contribution in [1.82, 2.24) is 14.9 Å². The summed E-state index contributed by atoms with van der Waals surface area (Å²) in [7, 11) is 5.10. The summed E-state index contributed by atoms with van der Waals surface area (Å²) >= 11 is 6.48. The maximum atomic E-state index is 11.5. The van der Waals surface area contributed by atoms with Crippen molar-refractivity contribution >= 4 is 35.1 Å². The lowest BCUT2D eigenvalue weighted by Crippen LogP contribution is -2.43. The molecule has 0 radical (unpaired) electrons. The second kappa shape index (κ2) is 12.6. The van der Waals surface area contributed by atoms with Crippen molar-refractivity contribution in [3.05, 3.63) is 46.6 Å². The number of hydrogen-bond acceptors (Lipinski definition) is 10. The van der Waals surface area contributed by atoms with E-state index in [1.807, 2.05) is 0 Å². The van der Waals surface area contributed by atoms with Crippen LogP contribution >= 0.6 is 11.6 Å². The summed E-state index contributed by atoms with van der Waals surface area (Å²) in [5, 5.41) is 7.07. The third-order valence-electron chi connectivity index (χ3n) is 8.03. The summed E-state index contributed by atoms with van der Waals surface area (Å²) in [6.45, 7) is 3.06. The van der Waals surface area contributed by atoms with Gasteiger partial charge < -0.3 is 35.3 Å². The van der Waals surface area contributed by atoms with Crippen molar-refractivity contribution in [2.45, 2.75) is 37.5 Å². The van der Waals surface area contributed by atoms with Crippen molar-refractivity contribution in [2.75, 3.05) is 58.3 Å². The number of nitrogens with one attached hydrogen (secondary N) is 2. The Hall–Kier alpha value is -3.12. The molecule has 4 atom stereocenters. The number of amides is 1. The predicted octanol–water partition coefficient (Wildman–Crippen LogP) is 3.39. The Labute approximate surface area is 239 Å². The smallest absolute Gasteiger partial charge is 0.404 e. The van der Waals surface area contributed by atoms with E-state index < -0.39 is 6.09 Å². The van der Waals surface area contributed by atoms with Crippen LogP contribution in [0.2, 0.25) is 5.02 Å². The van der Waals surface area contributed by atoms with Gasteiger partial charge in [-0.2, -0.15) is 4.98 Å². The molecule has 2 aromatic rings. The summed E-state index contributed by atoms with van der Waals surface area (Å²) in [5.41, 5.74) is 8.60. The Balaban J connectivity index is 1.33. The summed E-state index contributed by atoms with van der Waals surface area (Å²) in [5.74, 6) is 1.83. The first-order valence-corrected chi connectivity index (χ1v) is 13.9. The lowest BCUT2D eigenvalue weighted by Gasteiger charge is -2.29. The first-order chi connectivity index (χ1) is 19.4. The van der Waals surface area contributed by atoms with E-state index in [4.69, 9.17) is 36.3 Å². The quantitative estimate of drug-likeness (QED) is 0.344. The van der Waals surface area contributed by atoms with Crippen LogP contribution in [0.3, 0.4) is 0 Å². The Bertz CT molecular complexity index is 1240. The van der Waals surface area contributed by atoms with Gasteiger partial charge in [0.25, 0.3) is 0 Å². The molecule has 1 amide bonds. The van der Waals surface area contributed by atoms with Crippen LogP contribution < -0.4 is 21.1 Å². The fourth-order valence-electron chi connectivity index (χ4n) is 6.12. The lowest BCUT2D eigenvalue weighted by molar-refractivity contribution is 0.0377. The zero-order valence-corrected chi connectivity index (χ0v) is 23.8.